The van der Waals surface area contributed by atoms with Crippen LogP contribution in [0.1, 0.15) is 33.6 Å². The number of epoxide rings is 1. The Kier molecular flexibility index (Phi) is 2.25. The Balaban J connectivity index is 2.10. The van der Waals surface area contributed by atoms with Crippen molar-refractivity contribution in [1.82, 2.24) is 0 Å². The molecule has 1 aliphatic heterocycles. The van der Waals surface area contributed by atoms with Gasteiger partial charge in [-0.25, -0.2) is 0 Å². The predicted octanol–water partition coefficient (Wildman–Crippen LogP) is 2.01. The maximum absolute atomic E-state index is 12.3. The van der Waals surface area contributed by atoms with Crippen LogP contribution in [0.3, 0.4) is 0 Å². The van der Waals surface area contributed by atoms with Crippen LogP contribution in [0.4, 0.5) is 0 Å². The van der Waals surface area contributed by atoms with E-state index in [1.54, 1.807) is 6.08 Å². The molecule has 1 heterocycles. The molecule has 3 nitrogen and oxygen atoms in total. The number of carbonyl (C=O) groups is 1. The minimum absolute atomic E-state index is 0.0380. The highest BCUT2D eigenvalue weighted by atomic mass is 16.6. The average molecular weight is 248 g/mol. The zero-order valence-electron chi connectivity index (χ0n) is 11.2. The summed E-state index contributed by atoms with van der Waals surface area (Å²) < 4.78 is 5.82. The van der Waals surface area contributed by atoms with E-state index in [1.807, 2.05) is 6.92 Å². The van der Waals surface area contributed by atoms with Gasteiger partial charge < -0.3 is 9.84 Å². The van der Waals surface area contributed by atoms with E-state index >= 15 is 0 Å². The molecule has 2 fully saturated rings. The van der Waals surface area contributed by atoms with Crippen molar-refractivity contribution >= 4 is 5.78 Å². The van der Waals surface area contributed by atoms with E-state index in [9.17, 15) is 9.90 Å². The lowest BCUT2D eigenvalue weighted by atomic mass is 9.57. The Hall–Kier alpha value is -0.930. The molecule has 18 heavy (non-hydrogen) atoms. The molecule has 1 saturated heterocycles. The molecule has 0 radical (unpaired) electrons. The van der Waals surface area contributed by atoms with Crippen LogP contribution >= 0.6 is 0 Å². The number of fused-ring (bicyclic) bond motifs is 3. The first-order valence-corrected chi connectivity index (χ1v) is 6.62. The quantitative estimate of drug-likeness (QED) is 0.570. The Labute approximate surface area is 108 Å². The maximum Gasteiger partial charge on any atom is 0.194 e. The summed E-state index contributed by atoms with van der Waals surface area (Å²) >= 11 is 0. The molecule has 5 atom stereocenters. The fourth-order valence-electron chi connectivity index (χ4n) is 3.83. The van der Waals surface area contributed by atoms with Gasteiger partial charge >= 0.3 is 0 Å². The van der Waals surface area contributed by atoms with E-state index < -0.39 is 5.60 Å². The van der Waals surface area contributed by atoms with Gasteiger partial charge in [0.15, 0.2) is 11.4 Å². The van der Waals surface area contributed by atoms with E-state index in [0.29, 0.717) is 0 Å². The van der Waals surface area contributed by atoms with Crippen LogP contribution in [0.2, 0.25) is 0 Å². The van der Waals surface area contributed by atoms with Gasteiger partial charge in [0.25, 0.3) is 0 Å². The van der Waals surface area contributed by atoms with Gasteiger partial charge in [-0.1, -0.05) is 26.0 Å². The van der Waals surface area contributed by atoms with Gasteiger partial charge in [-0.3, -0.25) is 4.79 Å². The number of carbonyl (C=O) groups excluding carboxylic acids is 1. The first-order chi connectivity index (χ1) is 8.35. The average Bonchev–Trinajstić information content (AvgIpc) is 3.06. The molecule has 0 aromatic heterocycles. The summed E-state index contributed by atoms with van der Waals surface area (Å²) in [5.74, 6) is 0.146. The van der Waals surface area contributed by atoms with Crippen LogP contribution in [0, 0.1) is 11.3 Å². The van der Waals surface area contributed by atoms with Crippen LogP contribution in [-0.2, 0) is 9.53 Å². The third-order valence-electron chi connectivity index (χ3n) is 5.39. The summed E-state index contributed by atoms with van der Waals surface area (Å²) in [4.78, 5) is 12.3. The van der Waals surface area contributed by atoms with Gasteiger partial charge in [0, 0.05) is 5.41 Å². The van der Waals surface area contributed by atoms with Crippen molar-refractivity contribution in [1.29, 1.82) is 0 Å². The Morgan fingerprint density at radius 2 is 2.28 bits per heavy atom. The lowest BCUT2D eigenvalue weighted by molar-refractivity contribution is -0.118. The predicted molar refractivity (Wildman–Crippen MR) is 68.0 cm³/mol. The van der Waals surface area contributed by atoms with Crippen molar-refractivity contribution < 1.29 is 14.6 Å². The third-order valence-corrected chi connectivity index (χ3v) is 5.39. The highest BCUT2D eigenvalue weighted by Gasteiger charge is 2.73. The van der Waals surface area contributed by atoms with E-state index in [1.165, 1.54) is 0 Å². The molecule has 0 bridgehead atoms. The molecule has 3 aliphatic rings. The summed E-state index contributed by atoms with van der Waals surface area (Å²) in [6, 6.07) is 0. The topological polar surface area (TPSA) is 49.8 Å². The lowest BCUT2D eigenvalue weighted by Crippen LogP contribution is -2.50. The van der Waals surface area contributed by atoms with Crippen molar-refractivity contribution in [3.63, 3.8) is 0 Å². The van der Waals surface area contributed by atoms with Crippen LogP contribution in [0.15, 0.2) is 23.8 Å². The monoisotopic (exact) mass is 248 g/mol. The molecule has 2 unspecified atom stereocenters. The van der Waals surface area contributed by atoms with E-state index in [0.717, 1.165) is 24.0 Å². The van der Waals surface area contributed by atoms with Crippen molar-refractivity contribution in [3.05, 3.63) is 23.8 Å². The van der Waals surface area contributed by atoms with Crippen molar-refractivity contribution in [3.8, 4) is 0 Å². The smallest absolute Gasteiger partial charge is 0.194 e. The normalized spacial score (nSPS) is 50.1. The summed E-state index contributed by atoms with van der Waals surface area (Å²) in [5, 5.41) is 10.1. The summed E-state index contributed by atoms with van der Waals surface area (Å²) in [6.45, 7) is 9.94. The lowest BCUT2D eigenvalue weighted by Gasteiger charge is -2.46. The number of aliphatic hydroxyl groups excluding tert-OH is 1. The zero-order chi connectivity index (χ0) is 13.3. The Morgan fingerprint density at radius 3 is 2.89 bits per heavy atom. The fourth-order valence-corrected chi connectivity index (χ4v) is 3.83. The number of ketones is 1. The number of hydrogen-bond acceptors (Lipinski definition) is 3. The number of hydrogen-bond donors (Lipinski definition) is 1. The van der Waals surface area contributed by atoms with Crippen molar-refractivity contribution in [2.24, 2.45) is 11.3 Å². The van der Waals surface area contributed by atoms with Crippen molar-refractivity contribution in [2.75, 3.05) is 0 Å². The highest BCUT2D eigenvalue weighted by molar-refractivity contribution is 6.04. The molecule has 2 aliphatic carbocycles. The summed E-state index contributed by atoms with van der Waals surface area (Å²) in [7, 11) is 0. The number of aliphatic hydroxyl groups is 1. The second-order valence-corrected chi connectivity index (χ2v) is 6.23. The molecule has 1 N–H and O–H groups in total. The van der Waals surface area contributed by atoms with Crippen LogP contribution in [0.25, 0.3) is 0 Å². The summed E-state index contributed by atoms with van der Waals surface area (Å²) in [6.07, 6.45) is 2.83. The van der Waals surface area contributed by atoms with E-state index in [2.05, 4.69) is 20.4 Å². The molecule has 0 spiro atoms. The molecule has 0 aromatic carbocycles. The third kappa shape index (κ3) is 1.14. The van der Waals surface area contributed by atoms with Crippen LogP contribution < -0.4 is 0 Å². The standard InChI is InChI=1S/C15H20O3/c1-8(2)15-12(17)7-10-5-6-11(16)9(3)14(10,4)13(15)18-15/h7,9,11,13,16H,1,5-6H2,2-4H3/t9-,11+,13?,14+,15?/m0/s1. The minimum Gasteiger partial charge on any atom is -0.393 e. The maximum atomic E-state index is 12.3. The Morgan fingerprint density at radius 1 is 1.61 bits per heavy atom. The summed E-state index contributed by atoms with van der Waals surface area (Å²) in [5.41, 5.74) is 0.889. The van der Waals surface area contributed by atoms with Gasteiger partial charge in [-0.05, 0) is 37.3 Å². The van der Waals surface area contributed by atoms with Gasteiger partial charge in [0.1, 0.15) is 6.10 Å². The molecule has 3 heteroatoms. The molecule has 98 valence electrons. The first kappa shape index (κ1) is 12.1. The number of ether oxygens (including phenoxy) is 1. The second-order valence-electron chi connectivity index (χ2n) is 6.23. The van der Waals surface area contributed by atoms with Crippen molar-refractivity contribution in [2.45, 2.75) is 51.4 Å². The molecular weight excluding hydrogens is 228 g/mol. The SMILES string of the molecule is C=C(C)C12OC1[C@@]1(C)C(=CC2=O)CC[C@@H](O)[C@@H]1C. The first-order valence-electron chi connectivity index (χ1n) is 6.62. The highest BCUT2D eigenvalue weighted by Crippen LogP contribution is 2.63. The van der Waals surface area contributed by atoms with E-state index in [4.69, 9.17) is 4.74 Å². The van der Waals surface area contributed by atoms with Gasteiger partial charge in [0.05, 0.1) is 6.10 Å². The second kappa shape index (κ2) is 3.34. The molecule has 0 amide bonds. The van der Waals surface area contributed by atoms with Gasteiger partial charge in [-0.15, -0.1) is 0 Å². The fraction of sp³-hybridized carbons (Fsp3) is 0.667. The molecule has 0 aromatic rings. The largest absolute Gasteiger partial charge is 0.393 e. The number of rotatable bonds is 1. The van der Waals surface area contributed by atoms with Crippen LogP contribution in [0.5, 0.6) is 0 Å². The molecular formula is C15H20O3. The van der Waals surface area contributed by atoms with Gasteiger partial charge in [0.2, 0.25) is 0 Å². The van der Waals surface area contributed by atoms with E-state index in [-0.39, 0.29) is 29.3 Å². The van der Waals surface area contributed by atoms with Gasteiger partial charge in [-0.2, -0.15) is 0 Å². The molecule has 3 rings (SSSR count). The van der Waals surface area contributed by atoms with Crippen LogP contribution in [-0.4, -0.2) is 28.7 Å². The molecule has 1 saturated carbocycles. The zero-order valence-corrected chi connectivity index (χ0v) is 11.2. The minimum atomic E-state index is -0.802. The Bertz CT molecular complexity index is 478.